The zero-order valence-electron chi connectivity index (χ0n) is 12.4. The van der Waals surface area contributed by atoms with Crippen molar-refractivity contribution in [2.45, 2.75) is 38.5 Å². The first-order valence-electron chi connectivity index (χ1n) is 8.09. The molecule has 1 aliphatic carbocycles. The Bertz CT molecular complexity index is 457. The Balaban J connectivity index is 1.52. The second kappa shape index (κ2) is 6.49. The molecular weight excluding hydrogens is 288 g/mol. The molecule has 116 valence electrons. The van der Waals surface area contributed by atoms with Crippen molar-refractivity contribution in [3.8, 4) is 0 Å². The lowest BCUT2D eigenvalue weighted by Gasteiger charge is -2.27. The first-order valence-corrected chi connectivity index (χ1v) is 8.46. The lowest BCUT2D eigenvalue weighted by Crippen LogP contribution is -2.36. The Morgan fingerprint density at radius 1 is 1.05 bits per heavy atom. The molecule has 0 spiro atoms. The number of imide groups is 1. The lowest BCUT2D eigenvalue weighted by molar-refractivity contribution is -0.140. The Labute approximate surface area is 131 Å². The second-order valence-electron chi connectivity index (χ2n) is 6.39. The summed E-state index contributed by atoms with van der Waals surface area (Å²) < 4.78 is 0. The van der Waals surface area contributed by atoms with E-state index in [0.717, 1.165) is 31.1 Å². The van der Waals surface area contributed by atoms with E-state index in [9.17, 15) is 9.59 Å². The molecule has 0 aromatic heterocycles. The van der Waals surface area contributed by atoms with Gasteiger partial charge < -0.3 is 4.90 Å². The summed E-state index contributed by atoms with van der Waals surface area (Å²) in [6, 6.07) is 0. The van der Waals surface area contributed by atoms with Crippen molar-refractivity contribution in [3.05, 3.63) is 11.1 Å². The lowest BCUT2D eigenvalue weighted by atomic mass is 9.85. The summed E-state index contributed by atoms with van der Waals surface area (Å²) in [7, 11) is 0. The van der Waals surface area contributed by atoms with Gasteiger partial charge in [-0.15, -0.1) is 0 Å². The summed E-state index contributed by atoms with van der Waals surface area (Å²) in [6.45, 7) is 3.88. The third-order valence-corrected chi connectivity index (χ3v) is 5.27. The van der Waals surface area contributed by atoms with Crippen LogP contribution in [0.4, 0.5) is 0 Å². The van der Waals surface area contributed by atoms with Crippen LogP contribution in [0.2, 0.25) is 0 Å². The first kappa shape index (κ1) is 15.0. The van der Waals surface area contributed by atoms with Gasteiger partial charge in [-0.25, -0.2) is 0 Å². The fourth-order valence-electron chi connectivity index (χ4n) is 3.75. The quantitative estimate of drug-likeness (QED) is 0.749. The molecule has 0 unspecified atom stereocenters. The van der Waals surface area contributed by atoms with Gasteiger partial charge in [0.05, 0.1) is 11.8 Å². The van der Waals surface area contributed by atoms with E-state index in [1.807, 2.05) is 6.08 Å². The molecule has 4 nitrogen and oxygen atoms in total. The molecule has 2 atom stereocenters. The molecule has 2 fully saturated rings. The molecule has 2 amide bonds. The van der Waals surface area contributed by atoms with Crippen molar-refractivity contribution in [3.63, 3.8) is 0 Å². The minimum absolute atomic E-state index is 0.00473. The number of hydrogen-bond acceptors (Lipinski definition) is 3. The van der Waals surface area contributed by atoms with Gasteiger partial charge >= 0.3 is 0 Å². The van der Waals surface area contributed by atoms with Gasteiger partial charge in [0.25, 0.3) is 0 Å². The van der Waals surface area contributed by atoms with Crippen molar-refractivity contribution in [2.75, 3.05) is 26.2 Å². The van der Waals surface area contributed by atoms with E-state index < -0.39 is 0 Å². The first-order chi connectivity index (χ1) is 10.2. The number of nitrogens with zero attached hydrogens (tertiary/aromatic N) is 2. The molecule has 2 aliphatic heterocycles. The van der Waals surface area contributed by atoms with Crippen molar-refractivity contribution in [1.82, 2.24) is 9.80 Å². The summed E-state index contributed by atoms with van der Waals surface area (Å²) >= 11 is 6.02. The van der Waals surface area contributed by atoms with Gasteiger partial charge in [-0.2, -0.15) is 0 Å². The van der Waals surface area contributed by atoms with Gasteiger partial charge in [-0.1, -0.05) is 24.1 Å². The minimum atomic E-state index is -0.204. The van der Waals surface area contributed by atoms with Gasteiger partial charge in [0, 0.05) is 11.6 Å². The monoisotopic (exact) mass is 310 g/mol. The molecule has 0 radical (unpaired) electrons. The van der Waals surface area contributed by atoms with Crippen LogP contribution in [0.3, 0.4) is 0 Å². The number of carbonyl (C=O) groups excluding carboxylic acids is 2. The van der Waals surface area contributed by atoms with E-state index in [1.165, 1.54) is 24.2 Å². The largest absolute Gasteiger partial charge is 0.303 e. The fraction of sp³-hybridized carbons (Fsp3) is 0.750. The summed E-state index contributed by atoms with van der Waals surface area (Å²) in [5.41, 5.74) is 0. The van der Waals surface area contributed by atoms with E-state index >= 15 is 0 Å². The van der Waals surface area contributed by atoms with E-state index in [2.05, 4.69) is 4.90 Å². The summed E-state index contributed by atoms with van der Waals surface area (Å²) in [6.07, 6.45) is 7.82. The summed E-state index contributed by atoms with van der Waals surface area (Å²) in [5, 5.41) is 0.729. The number of halogens is 1. The predicted octanol–water partition coefficient (Wildman–Crippen LogP) is 2.38. The molecule has 3 aliphatic rings. The molecule has 0 aromatic carbocycles. The van der Waals surface area contributed by atoms with Crippen LogP contribution in [0.25, 0.3) is 0 Å². The molecular formula is C16H23ClN2O2. The summed E-state index contributed by atoms with van der Waals surface area (Å²) in [4.78, 5) is 28.7. The Kier molecular flexibility index (Phi) is 4.65. The smallest absolute Gasteiger partial charge is 0.233 e. The highest BCUT2D eigenvalue weighted by Crippen LogP contribution is 2.38. The van der Waals surface area contributed by atoms with Gasteiger partial charge in [0.2, 0.25) is 11.8 Å². The molecule has 0 aromatic rings. The van der Waals surface area contributed by atoms with Crippen LogP contribution >= 0.6 is 11.6 Å². The molecule has 0 bridgehead atoms. The Morgan fingerprint density at radius 3 is 2.52 bits per heavy atom. The van der Waals surface area contributed by atoms with Crippen LogP contribution in [0, 0.1) is 11.8 Å². The maximum atomic E-state index is 12.4. The van der Waals surface area contributed by atoms with Crippen molar-refractivity contribution in [1.29, 1.82) is 0 Å². The maximum absolute atomic E-state index is 12.4. The zero-order chi connectivity index (χ0) is 14.8. The number of likely N-dealkylation sites (tertiary alicyclic amines) is 2. The van der Waals surface area contributed by atoms with Crippen molar-refractivity contribution < 1.29 is 9.59 Å². The van der Waals surface area contributed by atoms with Gasteiger partial charge in [-0.05, 0) is 51.7 Å². The van der Waals surface area contributed by atoms with E-state index in [-0.39, 0.29) is 23.7 Å². The highest BCUT2D eigenvalue weighted by atomic mass is 35.5. The number of hydrogen-bond donors (Lipinski definition) is 0. The summed E-state index contributed by atoms with van der Waals surface area (Å²) in [5.74, 6) is -0.348. The van der Waals surface area contributed by atoms with Crippen LogP contribution < -0.4 is 0 Å². The van der Waals surface area contributed by atoms with Crippen molar-refractivity contribution >= 4 is 23.4 Å². The average molecular weight is 311 g/mol. The molecule has 0 N–H and O–H groups in total. The predicted molar refractivity (Wildman–Crippen MR) is 81.8 cm³/mol. The van der Waals surface area contributed by atoms with Crippen molar-refractivity contribution in [2.24, 2.45) is 11.8 Å². The Hall–Kier alpha value is -0.870. The van der Waals surface area contributed by atoms with E-state index in [0.29, 0.717) is 19.4 Å². The third-order valence-electron chi connectivity index (χ3n) is 4.97. The van der Waals surface area contributed by atoms with Crippen LogP contribution in [0.1, 0.15) is 38.5 Å². The highest BCUT2D eigenvalue weighted by Gasteiger charge is 2.47. The van der Waals surface area contributed by atoms with Gasteiger partial charge in [0.1, 0.15) is 0 Å². The van der Waals surface area contributed by atoms with Gasteiger partial charge in [-0.3, -0.25) is 14.5 Å². The van der Waals surface area contributed by atoms with Crippen LogP contribution in [0.5, 0.6) is 0 Å². The van der Waals surface area contributed by atoms with E-state index in [4.69, 9.17) is 11.6 Å². The van der Waals surface area contributed by atoms with Crippen LogP contribution in [-0.2, 0) is 9.59 Å². The van der Waals surface area contributed by atoms with Crippen LogP contribution in [-0.4, -0.2) is 47.8 Å². The highest BCUT2D eigenvalue weighted by molar-refractivity contribution is 6.30. The average Bonchev–Trinajstić information content (AvgIpc) is 2.73. The third kappa shape index (κ3) is 3.16. The molecule has 21 heavy (non-hydrogen) atoms. The molecule has 3 rings (SSSR count). The second-order valence-corrected chi connectivity index (χ2v) is 6.87. The number of piperidine rings is 1. The minimum Gasteiger partial charge on any atom is -0.303 e. The molecule has 5 heteroatoms. The SMILES string of the molecule is O=C1[C@@H]2CC=C(Cl)C[C@H]2C(=O)N1CCCN1CCCCC1. The number of allylic oxidation sites excluding steroid dienone is 2. The zero-order valence-corrected chi connectivity index (χ0v) is 13.1. The van der Waals surface area contributed by atoms with Gasteiger partial charge in [0.15, 0.2) is 0 Å². The standard InChI is InChI=1S/C16H23ClN2O2/c17-12-5-6-13-14(11-12)16(21)19(15(13)20)10-4-9-18-7-2-1-3-8-18/h5,13-14H,1-4,6-11H2/t13-,14-/m1/s1. The molecule has 2 saturated heterocycles. The normalized spacial score (nSPS) is 30.5. The number of rotatable bonds is 4. The number of fused-ring (bicyclic) bond motifs is 1. The number of amides is 2. The Morgan fingerprint density at radius 2 is 1.76 bits per heavy atom. The number of carbonyl (C=O) groups is 2. The van der Waals surface area contributed by atoms with Crippen LogP contribution in [0.15, 0.2) is 11.1 Å². The maximum Gasteiger partial charge on any atom is 0.233 e. The van der Waals surface area contributed by atoms with E-state index in [1.54, 1.807) is 0 Å². The topological polar surface area (TPSA) is 40.6 Å². The fourth-order valence-corrected chi connectivity index (χ4v) is 4.01. The molecule has 0 saturated carbocycles. The molecule has 2 heterocycles.